The molecule has 0 atom stereocenters. The maximum atomic E-state index is 11.5. The van der Waals surface area contributed by atoms with Crippen LogP contribution in [0.2, 0.25) is 0 Å². The van der Waals surface area contributed by atoms with Crippen molar-refractivity contribution in [1.82, 2.24) is 14.5 Å². The molecule has 0 aromatic carbocycles. The van der Waals surface area contributed by atoms with E-state index in [0.29, 0.717) is 11.4 Å². The minimum absolute atomic E-state index is 0.0915. The SMILES string of the molecule is COc1ccnc(COC(=O)n2ccnc2)c1. The molecule has 2 heterocycles. The van der Waals surface area contributed by atoms with Gasteiger partial charge in [-0.15, -0.1) is 0 Å². The minimum atomic E-state index is -0.493. The van der Waals surface area contributed by atoms with Gasteiger partial charge in [0.1, 0.15) is 18.7 Å². The van der Waals surface area contributed by atoms with Crippen LogP contribution < -0.4 is 4.74 Å². The summed E-state index contributed by atoms with van der Waals surface area (Å²) in [7, 11) is 1.57. The molecule has 0 unspecified atom stereocenters. The van der Waals surface area contributed by atoms with E-state index in [-0.39, 0.29) is 6.61 Å². The Kier molecular flexibility index (Phi) is 3.34. The van der Waals surface area contributed by atoms with Gasteiger partial charge in [-0.3, -0.25) is 4.98 Å². The molecule has 0 aliphatic heterocycles. The summed E-state index contributed by atoms with van der Waals surface area (Å²) in [4.78, 5) is 19.3. The second-order valence-corrected chi connectivity index (χ2v) is 3.21. The summed E-state index contributed by atoms with van der Waals surface area (Å²) >= 11 is 0. The smallest absolute Gasteiger partial charge is 0.419 e. The summed E-state index contributed by atoms with van der Waals surface area (Å²) in [5.41, 5.74) is 0.623. The van der Waals surface area contributed by atoms with E-state index in [4.69, 9.17) is 9.47 Å². The maximum Gasteiger partial charge on any atom is 0.419 e. The quantitative estimate of drug-likeness (QED) is 0.803. The highest BCUT2D eigenvalue weighted by Gasteiger charge is 2.06. The fraction of sp³-hybridized carbons (Fsp3) is 0.182. The summed E-state index contributed by atoms with van der Waals surface area (Å²) in [5, 5.41) is 0. The van der Waals surface area contributed by atoms with Crippen LogP contribution in [0.1, 0.15) is 5.69 Å². The van der Waals surface area contributed by atoms with Crippen LogP contribution in [0.25, 0.3) is 0 Å². The van der Waals surface area contributed by atoms with Crippen molar-refractivity contribution in [3.8, 4) is 5.75 Å². The van der Waals surface area contributed by atoms with E-state index in [1.54, 1.807) is 25.4 Å². The van der Waals surface area contributed by atoms with Crippen molar-refractivity contribution in [2.45, 2.75) is 6.61 Å². The Labute approximate surface area is 97.8 Å². The zero-order valence-corrected chi connectivity index (χ0v) is 9.24. The summed E-state index contributed by atoms with van der Waals surface area (Å²) in [6, 6.07) is 3.43. The van der Waals surface area contributed by atoms with Crippen LogP contribution in [-0.2, 0) is 11.3 Å². The van der Waals surface area contributed by atoms with Gasteiger partial charge < -0.3 is 9.47 Å². The second-order valence-electron chi connectivity index (χ2n) is 3.21. The highest BCUT2D eigenvalue weighted by molar-refractivity contribution is 5.69. The highest BCUT2D eigenvalue weighted by Crippen LogP contribution is 2.10. The first-order chi connectivity index (χ1) is 8.29. The molecule has 2 aromatic heterocycles. The van der Waals surface area contributed by atoms with Gasteiger partial charge in [0.05, 0.1) is 12.8 Å². The molecular formula is C11H11N3O3. The average molecular weight is 233 g/mol. The van der Waals surface area contributed by atoms with Gasteiger partial charge in [-0.25, -0.2) is 14.3 Å². The van der Waals surface area contributed by atoms with Crippen molar-refractivity contribution in [3.05, 3.63) is 42.7 Å². The van der Waals surface area contributed by atoms with E-state index in [9.17, 15) is 4.79 Å². The molecule has 0 N–H and O–H groups in total. The largest absolute Gasteiger partial charge is 0.497 e. The van der Waals surface area contributed by atoms with Crippen LogP contribution in [0.3, 0.4) is 0 Å². The molecule has 0 amide bonds. The van der Waals surface area contributed by atoms with Crippen LogP contribution in [0, 0.1) is 0 Å². The molecule has 2 rings (SSSR count). The van der Waals surface area contributed by atoms with Crippen molar-refractivity contribution < 1.29 is 14.3 Å². The summed E-state index contributed by atoms with van der Waals surface area (Å²) < 4.78 is 11.3. The van der Waals surface area contributed by atoms with Gasteiger partial charge >= 0.3 is 6.09 Å². The molecule has 0 radical (unpaired) electrons. The normalized spacial score (nSPS) is 9.94. The number of carbonyl (C=O) groups is 1. The van der Waals surface area contributed by atoms with Crippen molar-refractivity contribution in [2.75, 3.05) is 7.11 Å². The zero-order valence-electron chi connectivity index (χ0n) is 9.24. The number of pyridine rings is 1. The fourth-order valence-electron chi connectivity index (χ4n) is 1.24. The molecule has 0 aliphatic carbocycles. The van der Waals surface area contributed by atoms with Crippen LogP contribution in [-0.4, -0.2) is 27.7 Å². The van der Waals surface area contributed by atoms with Gasteiger partial charge in [-0.2, -0.15) is 0 Å². The van der Waals surface area contributed by atoms with Gasteiger partial charge in [0.15, 0.2) is 0 Å². The van der Waals surface area contributed by atoms with Gasteiger partial charge in [0, 0.05) is 24.7 Å². The molecule has 0 saturated carbocycles. The standard InChI is InChI=1S/C11H11N3O3/c1-16-10-2-3-13-9(6-10)7-17-11(15)14-5-4-12-8-14/h2-6,8H,7H2,1H3. The molecular weight excluding hydrogens is 222 g/mol. The fourth-order valence-corrected chi connectivity index (χ4v) is 1.24. The van der Waals surface area contributed by atoms with Crippen LogP contribution in [0.5, 0.6) is 5.75 Å². The lowest BCUT2D eigenvalue weighted by molar-refractivity contribution is 0.139. The third-order valence-electron chi connectivity index (χ3n) is 2.08. The Bertz CT molecular complexity index is 496. The lowest BCUT2D eigenvalue weighted by Gasteiger charge is -2.05. The molecule has 0 fully saturated rings. The van der Waals surface area contributed by atoms with E-state index < -0.39 is 6.09 Å². The van der Waals surface area contributed by atoms with Crippen LogP contribution >= 0.6 is 0 Å². The van der Waals surface area contributed by atoms with Crippen LogP contribution in [0.15, 0.2) is 37.1 Å². The summed E-state index contributed by atoms with van der Waals surface area (Å²) in [6.07, 6.45) is 5.50. The third-order valence-corrected chi connectivity index (χ3v) is 2.08. The Morgan fingerprint density at radius 3 is 3.06 bits per heavy atom. The van der Waals surface area contributed by atoms with E-state index in [0.717, 1.165) is 0 Å². The molecule has 17 heavy (non-hydrogen) atoms. The van der Waals surface area contributed by atoms with Gasteiger partial charge in [-0.1, -0.05) is 0 Å². The Hall–Kier alpha value is -2.37. The van der Waals surface area contributed by atoms with Crippen molar-refractivity contribution in [3.63, 3.8) is 0 Å². The molecule has 6 nitrogen and oxygen atoms in total. The van der Waals surface area contributed by atoms with E-state index >= 15 is 0 Å². The van der Waals surface area contributed by atoms with E-state index in [1.165, 1.54) is 23.3 Å². The lowest BCUT2D eigenvalue weighted by Crippen LogP contribution is -2.12. The number of ether oxygens (including phenoxy) is 2. The highest BCUT2D eigenvalue weighted by atomic mass is 16.5. The van der Waals surface area contributed by atoms with Crippen molar-refractivity contribution in [1.29, 1.82) is 0 Å². The summed E-state index contributed by atoms with van der Waals surface area (Å²) in [6.45, 7) is 0.0915. The van der Waals surface area contributed by atoms with Crippen molar-refractivity contribution in [2.24, 2.45) is 0 Å². The number of nitrogens with zero attached hydrogens (tertiary/aromatic N) is 3. The molecule has 2 aromatic rings. The first-order valence-electron chi connectivity index (χ1n) is 4.93. The number of hydrogen-bond acceptors (Lipinski definition) is 5. The first-order valence-corrected chi connectivity index (χ1v) is 4.93. The molecule has 0 spiro atoms. The number of carbonyl (C=O) groups excluding carboxylic acids is 1. The molecule has 0 saturated heterocycles. The van der Waals surface area contributed by atoms with Crippen LogP contribution in [0.4, 0.5) is 4.79 Å². The number of imidazole rings is 1. The number of methoxy groups -OCH3 is 1. The average Bonchev–Trinajstić information content (AvgIpc) is 2.90. The van der Waals surface area contributed by atoms with E-state index in [2.05, 4.69) is 9.97 Å². The Morgan fingerprint density at radius 2 is 2.35 bits per heavy atom. The maximum absolute atomic E-state index is 11.5. The number of rotatable bonds is 3. The van der Waals surface area contributed by atoms with Gasteiger partial charge in [-0.05, 0) is 6.07 Å². The third kappa shape index (κ3) is 2.81. The first kappa shape index (κ1) is 11.1. The number of aromatic nitrogens is 3. The van der Waals surface area contributed by atoms with Gasteiger partial charge in [0.25, 0.3) is 0 Å². The van der Waals surface area contributed by atoms with Crippen molar-refractivity contribution >= 4 is 6.09 Å². The Balaban J connectivity index is 1.95. The molecule has 6 heteroatoms. The molecule has 0 bridgehead atoms. The molecule has 0 aliphatic rings. The van der Waals surface area contributed by atoms with Gasteiger partial charge in [0.2, 0.25) is 0 Å². The predicted octanol–water partition coefficient (Wildman–Crippen LogP) is 1.47. The topological polar surface area (TPSA) is 66.2 Å². The molecule has 88 valence electrons. The predicted molar refractivity (Wildman–Crippen MR) is 58.6 cm³/mol. The summed E-state index contributed by atoms with van der Waals surface area (Å²) in [5.74, 6) is 0.675. The number of hydrogen-bond donors (Lipinski definition) is 0. The minimum Gasteiger partial charge on any atom is -0.497 e. The Morgan fingerprint density at radius 1 is 1.47 bits per heavy atom. The monoisotopic (exact) mass is 233 g/mol. The lowest BCUT2D eigenvalue weighted by atomic mass is 10.3. The zero-order chi connectivity index (χ0) is 12.1. The van der Waals surface area contributed by atoms with E-state index in [1.807, 2.05) is 0 Å². The second kappa shape index (κ2) is 5.11.